The maximum atomic E-state index is 15.2. The molecule has 0 bridgehead atoms. The zero-order chi connectivity index (χ0) is 35.2. The summed E-state index contributed by atoms with van der Waals surface area (Å²) < 4.78 is 35.2. The van der Waals surface area contributed by atoms with Crippen molar-refractivity contribution in [2.45, 2.75) is 13.0 Å². The number of piperazine rings is 1. The summed E-state index contributed by atoms with van der Waals surface area (Å²) in [6, 6.07) is 21.7. The summed E-state index contributed by atoms with van der Waals surface area (Å²) in [6.07, 6.45) is 1.15. The van der Waals surface area contributed by atoms with Gasteiger partial charge in [0.05, 0.1) is 10.2 Å². The van der Waals surface area contributed by atoms with Crippen LogP contribution in [0.5, 0.6) is 11.5 Å². The highest BCUT2D eigenvalue weighted by atomic mass is 32.1. The number of likely N-dealkylation sites (N-methyl/N-ethyl adjacent to an activating group) is 2. The summed E-state index contributed by atoms with van der Waals surface area (Å²) in [5.41, 5.74) is 3.69. The molecule has 2 aromatic heterocycles. The molecule has 1 aliphatic heterocycles. The lowest BCUT2D eigenvalue weighted by Crippen LogP contribution is -2.46. The van der Waals surface area contributed by atoms with Crippen LogP contribution in [0.2, 0.25) is 0 Å². The van der Waals surface area contributed by atoms with Crippen molar-refractivity contribution in [1.82, 2.24) is 19.7 Å². The molecule has 0 saturated carbocycles. The normalized spacial score (nSPS) is 13.9. The lowest BCUT2D eigenvalue weighted by atomic mass is 10.1. The molecular weight excluding hydrogens is 659 g/mol. The quantitative estimate of drug-likeness (QED) is 0.145. The first kappa shape index (κ1) is 35.1. The Hall–Kier alpha value is -4.75. The van der Waals surface area contributed by atoms with E-state index < -0.39 is 29.9 Å². The molecule has 12 heteroatoms. The van der Waals surface area contributed by atoms with E-state index >= 15 is 4.39 Å². The zero-order valence-electron chi connectivity index (χ0n) is 28.4. The van der Waals surface area contributed by atoms with E-state index in [0.717, 1.165) is 72.5 Å². The van der Waals surface area contributed by atoms with E-state index in [1.807, 2.05) is 6.07 Å². The number of aromatic nitrogens is 1. The number of carbonyl (C=O) groups excluding carboxylic acids is 2. The Morgan fingerprint density at radius 1 is 0.920 bits per heavy atom. The predicted octanol–water partition coefficient (Wildman–Crippen LogP) is 6.70. The highest BCUT2D eigenvalue weighted by molar-refractivity contribution is 7.22. The third kappa shape index (κ3) is 8.88. The molecule has 0 spiro atoms. The fourth-order valence-electron chi connectivity index (χ4n) is 5.74. The van der Waals surface area contributed by atoms with Gasteiger partial charge in [0, 0.05) is 87.4 Å². The van der Waals surface area contributed by atoms with Gasteiger partial charge in [-0.25, -0.2) is 8.78 Å². The minimum Gasteiger partial charge on any atom is -0.453 e. The monoisotopic (exact) mass is 698 g/mol. The molecule has 1 saturated heterocycles. The smallest absolute Gasteiger partial charge is 0.236 e. The first-order valence-electron chi connectivity index (χ1n) is 16.5. The van der Waals surface area contributed by atoms with Crippen LogP contribution in [-0.4, -0.2) is 91.9 Å². The highest BCUT2D eigenvalue weighted by Crippen LogP contribution is 2.40. The SMILES string of the molecule is CN1CCN(CCN(C)Cc2ccc(-c3cc4nccc(Oc5ccc(NC(=O)CC(=O)N(C)c6ccc(F)cc6)cc5F)c4s3)cc2)CC1. The van der Waals surface area contributed by atoms with Crippen LogP contribution in [0, 0.1) is 11.6 Å². The summed E-state index contributed by atoms with van der Waals surface area (Å²) >= 11 is 1.52. The highest BCUT2D eigenvalue weighted by Gasteiger charge is 2.18. The van der Waals surface area contributed by atoms with Crippen molar-refractivity contribution < 1.29 is 23.1 Å². The summed E-state index contributed by atoms with van der Waals surface area (Å²) in [6.45, 7) is 7.49. The van der Waals surface area contributed by atoms with Crippen LogP contribution in [0.25, 0.3) is 20.7 Å². The van der Waals surface area contributed by atoms with Crippen LogP contribution in [0.4, 0.5) is 20.2 Å². The van der Waals surface area contributed by atoms with Crippen molar-refractivity contribution in [2.75, 3.05) is 70.6 Å². The summed E-state index contributed by atoms with van der Waals surface area (Å²) in [4.78, 5) is 39.1. The second-order valence-corrected chi connectivity index (χ2v) is 13.7. The minimum atomic E-state index is -0.677. The molecule has 1 fully saturated rings. The standard InChI is InChI=1S/C38H40F2N6O3S/c1-43-16-19-46(20-17-43)21-18-44(2)25-26-4-6-27(7-5-26)35-23-32-38(50-35)34(14-15-41-32)49-33-13-10-29(22-31(33)40)42-36(47)24-37(48)45(3)30-11-8-28(39)9-12-30/h4-15,22-23H,16-21,24-25H2,1-3H3,(H,42,47). The van der Waals surface area contributed by atoms with Crippen molar-refractivity contribution >= 4 is 44.7 Å². The van der Waals surface area contributed by atoms with E-state index in [1.54, 1.807) is 12.3 Å². The maximum absolute atomic E-state index is 15.2. The van der Waals surface area contributed by atoms with E-state index in [2.05, 4.69) is 63.4 Å². The number of rotatable bonds is 12. The number of benzene rings is 3. The Balaban J connectivity index is 1.05. The van der Waals surface area contributed by atoms with Gasteiger partial charge in [-0.15, -0.1) is 11.3 Å². The number of amides is 2. The van der Waals surface area contributed by atoms with Crippen molar-refractivity contribution in [1.29, 1.82) is 0 Å². The molecule has 260 valence electrons. The summed E-state index contributed by atoms with van der Waals surface area (Å²) in [5, 5.41) is 2.55. The van der Waals surface area contributed by atoms with Gasteiger partial charge in [0.1, 0.15) is 18.0 Å². The number of nitrogens with zero attached hydrogens (tertiary/aromatic N) is 5. The largest absolute Gasteiger partial charge is 0.453 e. The first-order valence-corrected chi connectivity index (χ1v) is 17.3. The Morgan fingerprint density at radius 3 is 2.38 bits per heavy atom. The van der Waals surface area contributed by atoms with Crippen LogP contribution in [-0.2, 0) is 16.1 Å². The molecule has 0 unspecified atom stereocenters. The van der Waals surface area contributed by atoms with Crippen molar-refractivity contribution in [3.63, 3.8) is 0 Å². The van der Waals surface area contributed by atoms with Crippen molar-refractivity contribution in [3.05, 3.63) is 102 Å². The van der Waals surface area contributed by atoms with E-state index in [-0.39, 0.29) is 11.4 Å². The second kappa shape index (κ2) is 15.9. The first-order chi connectivity index (χ1) is 24.1. The predicted molar refractivity (Wildman–Crippen MR) is 195 cm³/mol. The number of ether oxygens (including phenoxy) is 1. The van der Waals surface area contributed by atoms with Crippen LogP contribution < -0.4 is 15.0 Å². The third-order valence-electron chi connectivity index (χ3n) is 8.80. The number of carbonyl (C=O) groups is 2. The number of hydrogen-bond acceptors (Lipinski definition) is 8. The molecule has 1 N–H and O–H groups in total. The average Bonchev–Trinajstić information content (AvgIpc) is 3.55. The summed E-state index contributed by atoms with van der Waals surface area (Å²) in [7, 11) is 5.83. The molecule has 0 aliphatic carbocycles. The van der Waals surface area contributed by atoms with Gasteiger partial charge in [-0.2, -0.15) is 0 Å². The molecule has 9 nitrogen and oxygen atoms in total. The minimum absolute atomic E-state index is 0.0151. The van der Waals surface area contributed by atoms with E-state index in [1.165, 1.54) is 65.2 Å². The van der Waals surface area contributed by atoms with Gasteiger partial charge in [-0.1, -0.05) is 24.3 Å². The topological polar surface area (TPSA) is 81.2 Å². The van der Waals surface area contributed by atoms with E-state index in [0.29, 0.717) is 11.4 Å². The molecule has 6 rings (SSSR count). The second-order valence-electron chi connectivity index (χ2n) is 12.6. The van der Waals surface area contributed by atoms with Gasteiger partial charge in [0.25, 0.3) is 0 Å². The number of nitrogens with one attached hydrogen (secondary N) is 1. The van der Waals surface area contributed by atoms with Gasteiger partial charge in [0.2, 0.25) is 11.8 Å². The van der Waals surface area contributed by atoms with Gasteiger partial charge < -0.3 is 24.8 Å². The van der Waals surface area contributed by atoms with Crippen molar-refractivity contribution in [3.8, 4) is 21.9 Å². The maximum Gasteiger partial charge on any atom is 0.236 e. The number of halogens is 2. The zero-order valence-corrected chi connectivity index (χ0v) is 29.2. The number of thiophene rings is 1. The fraction of sp³-hybridized carbons (Fsp3) is 0.289. The molecule has 0 atom stereocenters. The van der Waals surface area contributed by atoms with Gasteiger partial charge in [-0.3, -0.25) is 19.5 Å². The van der Waals surface area contributed by atoms with E-state index in [4.69, 9.17) is 4.74 Å². The number of pyridine rings is 1. The molecule has 5 aromatic rings. The Morgan fingerprint density at radius 2 is 1.66 bits per heavy atom. The Kier molecular flexibility index (Phi) is 11.1. The number of hydrogen-bond donors (Lipinski definition) is 1. The van der Waals surface area contributed by atoms with Crippen LogP contribution in [0.1, 0.15) is 12.0 Å². The number of fused-ring (bicyclic) bond motifs is 1. The van der Waals surface area contributed by atoms with Gasteiger partial charge >= 0.3 is 0 Å². The van der Waals surface area contributed by atoms with Crippen molar-refractivity contribution in [2.24, 2.45) is 0 Å². The number of anilines is 2. The molecule has 3 heterocycles. The molecule has 50 heavy (non-hydrogen) atoms. The fourth-order valence-corrected chi connectivity index (χ4v) is 6.81. The van der Waals surface area contributed by atoms with Gasteiger partial charge in [0.15, 0.2) is 11.6 Å². The Bertz CT molecular complexity index is 1950. The summed E-state index contributed by atoms with van der Waals surface area (Å²) in [5.74, 6) is -1.76. The Labute approximate surface area is 294 Å². The van der Waals surface area contributed by atoms with Gasteiger partial charge in [-0.05, 0) is 67.7 Å². The van der Waals surface area contributed by atoms with Crippen LogP contribution in [0.15, 0.2) is 85.1 Å². The molecule has 1 aliphatic rings. The molecule has 2 amide bonds. The lowest BCUT2D eigenvalue weighted by molar-refractivity contribution is -0.125. The molecule has 3 aromatic carbocycles. The van der Waals surface area contributed by atoms with Crippen LogP contribution >= 0.6 is 11.3 Å². The lowest BCUT2D eigenvalue weighted by Gasteiger charge is -2.33. The van der Waals surface area contributed by atoms with E-state index in [9.17, 15) is 14.0 Å². The molecular formula is C38H40F2N6O3S. The average molecular weight is 699 g/mol. The van der Waals surface area contributed by atoms with Crippen LogP contribution in [0.3, 0.4) is 0 Å². The third-order valence-corrected chi connectivity index (χ3v) is 9.98. The molecule has 0 radical (unpaired) electrons.